The van der Waals surface area contributed by atoms with Crippen LogP contribution < -0.4 is 10.1 Å². The van der Waals surface area contributed by atoms with Gasteiger partial charge in [0.25, 0.3) is 0 Å². The Kier molecular flexibility index (Phi) is 4.74. The molecule has 0 unspecified atom stereocenters. The third kappa shape index (κ3) is 4.21. The van der Waals surface area contributed by atoms with Crippen LogP contribution in [0.2, 0.25) is 0 Å². The normalized spacial score (nSPS) is 10.3. The first-order valence-electron chi connectivity index (χ1n) is 5.72. The summed E-state index contributed by atoms with van der Waals surface area (Å²) in [6, 6.07) is 10.8. The lowest BCUT2D eigenvalue weighted by Gasteiger charge is -2.09. The quantitative estimate of drug-likeness (QED) is 0.830. The zero-order chi connectivity index (χ0) is 13.7. The topological polar surface area (TPSA) is 21.3 Å². The third-order valence-corrected chi connectivity index (χ3v) is 2.90. The Labute approximate surface area is 118 Å². The Morgan fingerprint density at radius 3 is 2.74 bits per heavy atom. The molecule has 0 heterocycles. The smallest absolute Gasteiger partial charge is 0.165 e. The van der Waals surface area contributed by atoms with E-state index in [4.69, 9.17) is 4.74 Å². The van der Waals surface area contributed by atoms with Gasteiger partial charge in [-0.3, -0.25) is 0 Å². The van der Waals surface area contributed by atoms with Crippen LogP contribution in [0.1, 0.15) is 0 Å². The first-order chi connectivity index (χ1) is 9.15. The molecule has 0 spiro atoms. The van der Waals surface area contributed by atoms with Gasteiger partial charge in [-0.25, -0.2) is 8.78 Å². The van der Waals surface area contributed by atoms with Crippen LogP contribution in [0, 0.1) is 11.6 Å². The number of hydrogen-bond acceptors (Lipinski definition) is 2. The summed E-state index contributed by atoms with van der Waals surface area (Å²) >= 11 is 3.36. The van der Waals surface area contributed by atoms with E-state index in [9.17, 15) is 8.78 Å². The van der Waals surface area contributed by atoms with Crippen molar-refractivity contribution < 1.29 is 13.5 Å². The van der Waals surface area contributed by atoms with Crippen LogP contribution in [0.3, 0.4) is 0 Å². The van der Waals surface area contributed by atoms with Crippen molar-refractivity contribution in [1.82, 2.24) is 0 Å². The van der Waals surface area contributed by atoms with E-state index in [1.165, 1.54) is 0 Å². The number of benzene rings is 2. The van der Waals surface area contributed by atoms with Crippen LogP contribution in [-0.2, 0) is 0 Å². The summed E-state index contributed by atoms with van der Waals surface area (Å²) in [5.74, 6) is -1.16. The lowest BCUT2D eigenvalue weighted by atomic mass is 10.3. The average molecular weight is 328 g/mol. The van der Waals surface area contributed by atoms with E-state index in [1.807, 2.05) is 24.3 Å². The van der Waals surface area contributed by atoms with Crippen LogP contribution in [0.5, 0.6) is 5.75 Å². The van der Waals surface area contributed by atoms with Crippen LogP contribution in [0.15, 0.2) is 46.9 Å². The van der Waals surface area contributed by atoms with E-state index >= 15 is 0 Å². The molecule has 2 rings (SSSR count). The number of ether oxygens (including phenoxy) is 1. The fraction of sp³-hybridized carbons (Fsp3) is 0.143. The molecular weight excluding hydrogens is 316 g/mol. The summed E-state index contributed by atoms with van der Waals surface area (Å²) in [4.78, 5) is 0. The van der Waals surface area contributed by atoms with Crippen molar-refractivity contribution >= 4 is 21.6 Å². The molecule has 5 heteroatoms. The predicted octanol–water partition coefficient (Wildman–Crippen LogP) is 4.22. The minimum atomic E-state index is -0.566. The van der Waals surface area contributed by atoms with Gasteiger partial charge >= 0.3 is 0 Å². The number of nitrogens with one attached hydrogen (secondary N) is 1. The van der Waals surface area contributed by atoms with Crippen LogP contribution in [0.4, 0.5) is 14.5 Å². The van der Waals surface area contributed by atoms with Gasteiger partial charge in [-0.2, -0.15) is 0 Å². The van der Waals surface area contributed by atoms with E-state index in [-0.39, 0.29) is 12.4 Å². The zero-order valence-corrected chi connectivity index (χ0v) is 11.6. The molecule has 0 aliphatic carbocycles. The fourth-order valence-electron chi connectivity index (χ4n) is 1.54. The number of halogens is 3. The van der Waals surface area contributed by atoms with E-state index in [1.54, 1.807) is 0 Å². The summed E-state index contributed by atoms with van der Waals surface area (Å²) in [6.45, 7) is 0.735. The standard InChI is InChI=1S/C14H12BrF2NO/c15-10-2-1-3-12(8-10)18-6-7-19-14-9-11(16)4-5-13(14)17/h1-5,8-9,18H,6-7H2. The van der Waals surface area contributed by atoms with Gasteiger partial charge in [-0.1, -0.05) is 22.0 Å². The summed E-state index contributed by atoms with van der Waals surface area (Å²) in [7, 11) is 0. The number of hydrogen-bond donors (Lipinski definition) is 1. The molecule has 2 nitrogen and oxygen atoms in total. The maximum Gasteiger partial charge on any atom is 0.165 e. The minimum absolute atomic E-state index is 0.0731. The van der Waals surface area contributed by atoms with Gasteiger partial charge in [-0.15, -0.1) is 0 Å². The highest BCUT2D eigenvalue weighted by atomic mass is 79.9. The van der Waals surface area contributed by atoms with E-state index < -0.39 is 11.6 Å². The molecule has 0 aromatic heterocycles. The van der Waals surface area contributed by atoms with Crippen molar-refractivity contribution in [2.45, 2.75) is 0 Å². The maximum absolute atomic E-state index is 13.3. The molecule has 1 N–H and O–H groups in total. The van der Waals surface area contributed by atoms with Crippen LogP contribution in [0.25, 0.3) is 0 Å². The third-order valence-electron chi connectivity index (χ3n) is 2.41. The Morgan fingerprint density at radius 1 is 1.11 bits per heavy atom. The average Bonchev–Trinajstić information content (AvgIpc) is 2.39. The molecule has 0 fully saturated rings. The highest BCUT2D eigenvalue weighted by Crippen LogP contribution is 2.18. The molecule has 2 aromatic rings. The molecule has 0 atom stereocenters. The lowest BCUT2D eigenvalue weighted by Crippen LogP contribution is -2.12. The molecule has 0 saturated heterocycles. The Morgan fingerprint density at radius 2 is 1.95 bits per heavy atom. The molecular formula is C14H12BrF2NO. The first kappa shape index (κ1) is 13.8. The van der Waals surface area contributed by atoms with Crippen LogP contribution >= 0.6 is 15.9 Å². The molecule has 0 aliphatic heterocycles. The Balaban J connectivity index is 1.82. The zero-order valence-electron chi connectivity index (χ0n) is 10.00. The second-order valence-corrected chi connectivity index (χ2v) is 4.78. The summed E-state index contributed by atoms with van der Waals surface area (Å²) in [5, 5.41) is 3.12. The van der Waals surface area contributed by atoms with Crippen molar-refractivity contribution in [3.63, 3.8) is 0 Å². The second-order valence-electron chi connectivity index (χ2n) is 3.86. The van der Waals surface area contributed by atoms with Crippen molar-refractivity contribution in [3.05, 3.63) is 58.6 Å². The van der Waals surface area contributed by atoms with Crippen molar-refractivity contribution in [3.8, 4) is 5.75 Å². The molecule has 0 bridgehead atoms. The highest BCUT2D eigenvalue weighted by molar-refractivity contribution is 9.10. The van der Waals surface area contributed by atoms with Crippen LogP contribution in [-0.4, -0.2) is 13.2 Å². The van der Waals surface area contributed by atoms with E-state index in [0.29, 0.717) is 6.54 Å². The summed E-state index contributed by atoms with van der Waals surface area (Å²) in [5.41, 5.74) is 0.928. The van der Waals surface area contributed by atoms with Crippen molar-refractivity contribution in [1.29, 1.82) is 0 Å². The molecule has 0 amide bonds. The van der Waals surface area contributed by atoms with Crippen molar-refractivity contribution in [2.24, 2.45) is 0 Å². The second kappa shape index (κ2) is 6.52. The highest BCUT2D eigenvalue weighted by Gasteiger charge is 2.04. The van der Waals surface area contributed by atoms with E-state index in [2.05, 4.69) is 21.2 Å². The number of anilines is 1. The van der Waals surface area contributed by atoms with Gasteiger partial charge in [0.15, 0.2) is 11.6 Å². The molecule has 0 saturated carbocycles. The SMILES string of the molecule is Fc1ccc(F)c(OCCNc2cccc(Br)c2)c1. The van der Waals surface area contributed by atoms with Gasteiger partial charge in [0.2, 0.25) is 0 Å². The van der Waals surface area contributed by atoms with Crippen molar-refractivity contribution in [2.75, 3.05) is 18.5 Å². The van der Waals surface area contributed by atoms with Gasteiger partial charge in [0.1, 0.15) is 12.4 Å². The fourth-order valence-corrected chi connectivity index (χ4v) is 1.94. The number of rotatable bonds is 5. The van der Waals surface area contributed by atoms with Gasteiger partial charge in [0.05, 0.1) is 0 Å². The van der Waals surface area contributed by atoms with Gasteiger partial charge < -0.3 is 10.1 Å². The molecule has 2 aromatic carbocycles. The lowest BCUT2D eigenvalue weighted by molar-refractivity contribution is 0.313. The largest absolute Gasteiger partial charge is 0.489 e. The minimum Gasteiger partial charge on any atom is -0.489 e. The maximum atomic E-state index is 13.3. The molecule has 0 radical (unpaired) electrons. The summed E-state index contributed by atoms with van der Waals surface area (Å²) in [6.07, 6.45) is 0. The molecule has 19 heavy (non-hydrogen) atoms. The Hall–Kier alpha value is -1.62. The Bertz CT molecular complexity index is 563. The molecule has 0 aliphatic rings. The monoisotopic (exact) mass is 327 g/mol. The van der Waals surface area contributed by atoms with Gasteiger partial charge in [0, 0.05) is 22.8 Å². The van der Waals surface area contributed by atoms with Gasteiger partial charge in [-0.05, 0) is 30.3 Å². The van der Waals surface area contributed by atoms with E-state index in [0.717, 1.165) is 28.4 Å². The molecule has 100 valence electrons. The predicted molar refractivity (Wildman–Crippen MR) is 74.5 cm³/mol. The first-order valence-corrected chi connectivity index (χ1v) is 6.52. The summed E-state index contributed by atoms with van der Waals surface area (Å²) < 4.78 is 32.3.